The lowest BCUT2D eigenvalue weighted by atomic mass is 10.2. The molecule has 0 aliphatic carbocycles. The molecule has 0 atom stereocenters. The van der Waals surface area contributed by atoms with Crippen LogP contribution in [0.15, 0.2) is 82.7 Å². The highest BCUT2D eigenvalue weighted by atomic mass is 32.2. The number of nitrogens with zero attached hydrogens (tertiary/aromatic N) is 5. The number of benzene rings is 2. The number of methoxy groups -OCH3 is 1. The molecular weight excluding hydrogens is 474 g/mol. The molecule has 5 rings (SSSR count). The van der Waals surface area contributed by atoms with Gasteiger partial charge in [0.05, 0.1) is 19.4 Å². The van der Waals surface area contributed by atoms with Gasteiger partial charge in [0.25, 0.3) is 5.56 Å². The molecule has 36 heavy (non-hydrogen) atoms. The van der Waals surface area contributed by atoms with E-state index in [1.807, 2.05) is 85.1 Å². The van der Waals surface area contributed by atoms with E-state index in [9.17, 15) is 4.79 Å². The van der Waals surface area contributed by atoms with E-state index in [0.717, 1.165) is 28.4 Å². The Labute approximate surface area is 212 Å². The van der Waals surface area contributed by atoms with E-state index in [1.165, 1.54) is 11.8 Å². The smallest absolute Gasteiger partial charge is 0.258 e. The molecular formula is C27H25N5O3S. The fourth-order valence-electron chi connectivity index (χ4n) is 3.96. The monoisotopic (exact) mass is 499 g/mol. The number of hydrogen-bond acceptors (Lipinski definition) is 7. The first-order valence-electron chi connectivity index (χ1n) is 11.5. The largest absolute Gasteiger partial charge is 0.497 e. The summed E-state index contributed by atoms with van der Waals surface area (Å²) < 4.78 is 14.5. The number of fused-ring (bicyclic) bond motifs is 1. The van der Waals surface area contributed by atoms with Crippen molar-refractivity contribution in [2.45, 2.75) is 24.8 Å². The second-order valence-corrected chi connectivity index (χ2v) is 8.97. The van der Waals surface area contributed by atoms with Crippen molar-refractivity contribution < 1.29 is 9.47 Å². The second-order valence-electron chi connectivity index (χ2n) is 8.03. The molecule has 0 saturated heterocycles. The van der Waals surface area contributed by atoms with Gasteiger partial charge in [0.15, 0.2) is 11.0 Å². The van der Waals surface area contributed by atoms with Gasteiger partial charge in [-0.05, 0) is 74.5 Å². The van der Waals surface area contributed by atoms with Crippen LogP contribution in [0.1, 0.15) is 18.3 Å². The molecule has 5 aromatic rings. The van der Waals surface area contributed by atoms with Gasteiger partial charge >= 0.3 is 0 Å². The number of ether oxygens (including phenoxy) is 2. The lowest BCUT2D eigenvalue weighted by Gasteiger charge is -2.12. The van der Waals surface area contributed by atoms with Gasteiger partial charge in [-0.25, -0.2) is 4.98 Å². The zero-order valence-electron chi connectivity index (χ0n) is 20.2. The first-order chi connectivity index (χ1) is 17.6. The van der Waals surface area contributed by atoms with Crippen molar-refractivity contribution in [3.63, 3.8) is 0 Å². The summed E-state index contributed by atoms with van der Waals surface area (Å²) in [5, 5.41) is 9.68. The van der Waals surface area contributed by atoms with E-state index >= 15 is 0 Å². The topological polar surface area (TPSA) is 83.5 Å². The highest BCUT2D eigenvalue weighted by Gasteiger charge is 2.17. The maximum atomic E-state index is 12.7. The van der Waals surface area contributed by atoms with Crippen LogP contribution in [0.25, 0.3) is 22.7 Å². The van der Waals surface area contributed by atoms with Crippen molar-refractivity contribution in [2.75, 3.05) is 13.7 Å². The van der Waals surface area contributed by atoms with Crippen molar-refractivity contribution in [2.24, 2.45) is 0 Å². The number of thioether (sulfide) groups is 1. The Morgan fingerprint density at radius 3 is 2.42 bits per heavy atom. The summed E-state index contributed by atoms with van der Waals surface area (Å²) in [5.41, 5.74) is 3.87. The van der Waals surface area contributed by atoms with Gasteiger partial charge in [-0.1, -0.05) is 17.8 Å². The first kappa shape index (κ1) is 23.6. The molecule has 3 heterocycles. The Hall–Kier alpha value is -4.11. The Morgan fingerprint density at radius 2 is 1.69 bits per heavy atom. The minimum atomic E-state index is -0.0967. The van der Waals surface area contributed by atoms with E-state index in [1.54, 1.807) is 17.6 Å². The molecule has 0 aliphatic rings. The van der Waals surface area contributed by atoms with Crippen LogP contribution < -0.4 is 15.0 Å². The van der Waals surface area contributed by atoms with Crippen LogP contribution in [-0.4, -0.2) is 37.9 Å². The number of aryl methyl sites for hydroxylation is 1. The van der Waals surface area contributed by atoms with Crippen molar-refractivity contribution >= 4 is 17.4 Å². The summed E-state index contributed by atoms with van der Waals surface area (Å²) in [4.78, 5) is 17.4. The van der Waals surface area contributed by atoms with E-state index in [2.05, 4.69) is 15.2 Å². The fourth-order valence-corrected chi connectivity index (χ4v) is 4.80. The summed E-state index contributed by atoms with van der Waals surface area (Å²) in [6.45, 7) is 4.45. The summed E-state index contributed by atoms with van der Waals surface area (Å²) in [6.07, 6.45) is 0. The molecule has 0 amide bonds. The van der Waals surface area contributed by atoms with Crippen LogP contribution in [0.5, 0.6) is 11.5 Å². The maximum absolute atomic E-state index is 12.7. The van der Waals surface area contributed by atoms with E-state index < -0.39 is 0 Å². The zero-order valence-corrected chi connectivity index (χ0v) is 21.0. The molecule has 0 spiro atoms. The first-order valence-corrected chi connectivity index (χ1v) is 12.5. The lowest BCUT2D eigenvalue weighted by Crippen LogP contribution is -2.17. The van der Waals surface area contributed by atoms with Gasteiger partial charge in [0.2, 0.25) is 0 Å². The molecule has 3 aromatic heterocycles. The normalized spacial score (nSPS) is 11.1. The van der Waals surface area contributed by atoms with Crippen LogP contribution in [0.3, 0.4) is 0 Å². The molecule has 182 valence electrons. The number of aromatic nitrogens is 5. The SMILES string of the molecule is CCOc1ccc(-n2c(SCc3cc(=O)n4c(C)cccc4n3)nnc2-c2ccc(OC)cc2)cc1. The molecule has 0 N–H and O–H groups in total. The molecule has 0 bridgehead atoms. The molecule has 8 nitrogen and oxygen atoms in total. The van der Waals surface area contributed by atoms with Crippen LogP contribution in [0.2, 0.25) is 0 Å². The third-order valence-corrected chi connectivity index (χ3v) is 6.63. The summed E-state index contributed by atoms with van der Waals surface area (Å²) >= 11 is 1.48. The van der Waals surface area contributed by atoms with Gasteiger partial charge in [-0.15, -0.1) is 10.2 Å². The summed E-state index contributed by atoms with van der Waals surface area (Å²) in [5.74, 6) is 2.73. The fraction of sp³-hybridized carbons (Fsp3) is 0.185. The quantitative estimate of drug-likeness (QED) is 0.279. The lowest BCUT2D eigenvalue weighted by molar-refractivity contribution is 0.340. The van der Waals surface area contributed by atoms with Crippen molar-refractivity contribution in [1.29, 1.82) is 0 Å². The second kappa shape index (κ2) is 10.2. The minimum absolute atomic E-state index is 0.0967. The highest BCUT2D eigenvalue weighted by molar-refractivity contribution is 7.98. The Morgan fingerprint density at radius 1 is 0.944 bits per heavy atom. The van der Waals surface area contributed by atoms with E-state index in [0.29, 0.717) is 34.7 Å². The van der Waals surface area contributed by atoms with Crippen molar-refractivity contribution in [3.8, 4) is 28.6 Å². The van der Waals surface area contributed by atoms with Gasteiger partial charge in [-0.2, -0.15) is 0 Å². The molecule has 0 radical (unpaired) electrons. The van der Waals surface area contributed by atoms with Gasteiger partial charge in [-0.3, -0.25) is 13.8 Å². The van der Waals surface area contributed by atoms with Gasteiger partial charge in [0, 0.05) is 28.8 Å². The van der Waals surface area contributed by atoms with Crippen LogP contribution in [0.4, 0.5) is 0 Å². The zero-order chi connectivity index (χ0) is 25.1. The average Bonchev–Trinajstić information content (AvgIpc) is 3.32. The van der Waals surface area contributed by atoms with Gasteiger partial charge in [0.1, 0.15) is 17.1 Å². The van der Waals surface area contributed by atoms with Crippen molar-refractivity contribution in [1.82, 2.24) is 24.1 Å². The number of hydrogen-bond donors (Lipinski definition) is 0. The van der Waals surface area contributed by atoms with E-state index in [4.69, 9.17) is 9.47 Å². The standard InChI is InChI=1S/C27H25N5O3S/c1-4-35-23-14-10-21(11-15-23)32-26(19-8-12-22(34-3)13-9-19)29-30-27(32)36-17-20-16-25(33)31-18(2)6-5-7-24(31)28-20/h5-16H,4,17H2,1-3H3. The molecule has 0 unspecified atom stereocenters. The van der Waals surface area contributed by atoms with Gasteiger partial charge < -0.3 is 9.47 Å². The van der Waals surface area contributed by atoms with Crippen LogP contribution >= 0.6 is 11.8 Å². The van der Waals surface area contributed by atoms with Crippen molar-refractivity contribution in [3.05, 3.63) is 94.5 Å². The average molecular weight is 500 g/mol. The molecule has 2 aromatic carbocycles. The number of rotatable bonds is 8. The minimum Gasteiger partial charge on any atom is -0.497 e. The molecule has 0 saturated carbocycles. The molecule has 0 aliphatic heterocycles. The number of pyridine rings is 1. The Kier molecular flexibility index (Phi) is 6.73. The van der Waals surface area contributed by atoms with E-state index in [-0.39, 0.29) is 5.56 Å². The summed E-state index contributed by atoms with van der Waals surface area (Å²) in [7, 11) is 1.64. The Bertz CT molecular complexity index is 1560. The van der Waals surface area contributed by atoms with Crippen LogP contribution in [-0.2, 0) is 5.75 Å². The summed E-state index contributed by atoms with van der Waals surface area (Å²) in [6, 6.07) is 22.7. The third kappa shape index (κ3) is 4.70. The van der Waals surface area contributed by atoms with Crippen LogP contribution in [0, 0.1) is 6.92 Å². The molecule has 9 heteroatoms. The molecule has 0 fully saturated rings. The third-order valence-electron chi connectivity index (χ3n) is 5.67. The Balaban J connectivity index is 1.51. The predicted molar refractivity (Wildman–Crippen MR) is 140 cm³/mol. The predicted octanol–water partition coefficient (Wildman–Crippen LogP) is 4.95. The highest BCUT2D eigenvalue weighted by Crippen LogP contribution is 2.31. The maximum Gasteiger partial charge on any atom is 0.258 e.